The maximum absolute atomic E-state index is 12.3. The Morgan fingerprint density at radius 2 is 1.93 bits per heavy atom. The van der Waals surface area contributed by atoms with Crippen molar-refractivity contribution < 1.29 is 23.7 Å². The van der Waals surface area contributed by atoms with Gasteiger partial charge in [-0.15, -0.1) is 0 Å². The van der Waals surface area contributed by atoms with E-state index in [1.54, 1.807) is 20.3 Å². The molecule has 1 aromatic rings. The molecule has 2 rings (SSSR count). The molecule has 152 valence electrons. The fourth-order valence-corrected chi connectivity index (χ4v) is 2.68. The third-order valence-corrected chi connectivity index (χ3v) is 4.40. The van der Waals surface area contributed by atoms with E-state index < -0.39 is 5.97 Å². The first kappa shape index (κ1) is 22.1. The number of methoxy groups -OCH3 is 3. The predicted octanol–water partition coefficient (Wildman–Crippen LogP) is 4.21. The lowest BCUT2D eigenvalue weighted by atomic mass is 9.90. The van der Waals surface area contributed by atoms with E-state index in [-0.39, 0.29) is 18.1 Å². The molecule has 0 fully saturated rings. The Balaban J connectivity index is 2.37. The summed E-state index contributed by atoms with van der Waals surface area (Å²) in [6.07, 6.45) is 4.37. The summed E-state index contributed by atoms with van der Waals surface area (Å²) in [6, 6.07) is 5.40. The second-order valence-corrected chi connectivity index (χ2v) is 6.60. The van der Waals surface area contributed by atoms with E-state index >= 15 is 0 Å². The van der Waals surface area contributed by atoms with Gasteiger partial charge in [-0.3, -0.25) is 0 Å². The molecule has 1 aromatic carbocycles. The second-order valence-electron chi connectivity index (χ2n) is 6.60. The average Bonchev–Trinajstić information content (AvgIpc) is 2.72. The normalized spacial score (nSPS) is 15.2. The summed E-state index contributed by atoms with van der Waals surface area (Å²) >= 11 is 0. The average molecular weight is 394 g/mol. The summed E-state index contributed by atoms with van der Waals surface area (Å²) in [7, 11) is 4.66. The topological polar surface area (TPSA) is 54.0 Å². The molecule has 5 nitrogen and oxygen atoms in total. The standard InChI is InChI=1S/C24H26O5/c1-16(2)20-10-9-19(23(13-20)29-24(25)17(3)15-26-4)8-7-18-11-12-21(27-5)14-22(18)28-6/h9-12,14,20H,1,3,13,15H2,2,4-6H3. The molecule has 0 amide bonds. The summed E-state index contributed by atoms with van der Waals surface area (Å²) in [6.45, 7) is 9.75. The van der Waals surface area contributed by atoms with Gasteiger partial charge in [0.15, 0.2) is 0 Å². The highest BCUT2D eigenvalue weighted by molar-refractivity contribution is 5.89. The zero-order valence-corrected chi connectivity index (χ0v) is 17.3. The summed E-state index contributed by atoms with van der Waals surface area (Å²) in [5.74, 6) is 7.50. The van der Waals surface area contributed by atoms with Crippen LogP contribution in [0.3, 0.4) is 0 Å². The monoisotopic (exact) mass is 394 g/mol. The van der Waals surface area contributed by atoms with E-state index in [1.165, 1.54) is 7.11 Å². The molecule has 0 saturated heterocycles. The number of carbonyl (C=O) groups excluding carboxylic acids is 1. The highest BCUT2D eigenvalue weighted by Gasteiger charge is 2.21. The molecular weight excluding hydrogens is 368 g/mol. The van der Waals surface area contributed by atoms with Crippen LogP contribution in [0.25, 0.3) is 0 Å². The van der Waals surface area contributed by atoms with Gasteiger partial charge in [0.05, 0.1) is 37.5 Å². The number of hydrogen-bond acceptors (Lipinski definition) is 5. The van der Waals surface area contributed by atoms with Crippen molar-refractivity contribution in [3.05, 3.63) is 71.6 Å². The van der Waals surface area contributed by atoms with Crippen molar-refractivity contribution >= 4 is 5.97 Å². The Morgan fingerprint density at radius 1 is 1.17 bits per heavy atom. The summed E-state index contributed by atoms with van der Waals surface area (Å²) in [5, 5.41) is 0. The van der Waals surface area contributed by atoms with E-state index in [1.807, 2.05) is 31.2 Å². The molecular formula is C24H26O5. The molecule has 0 aliphatic heterocycles. The van der Waals surface area contributed by atoms with E-state index in [2.05, 4.69) is 25.0 Å². The maximum atomic E-state index is 12.3. The first-order valence-corrected chi connectivity index (χ1v) is 9.09. The predicted molar refractivity (Wildman–Crippen MR) is 113 cm³/mol. The molecule has 0 N–H and O–H groups in total. The van der Waals surface area contributed by atoms with Crippen LogP contribution in [-0.2, 0) is 14.3 Å². The van der Waals surface area contributed by atoms with Crippen LogP contribution < -0.4 is 9.47 Å². The molecule has 1 aliphatic carbocycles. The largest absolute Gasteiger partial charge is 0.497 e. The third-order valence-electron chi connectivity index (χ3n) is 4.40. The first-order valence-electron chi connectivity index (χ1n) is 9.09. The van der Waals surface area contributed by atoms with Gasteiger partial charge in [-0.1, -0.05) is 36.6 Å². The number of esters is 1. The highest BCUT2D eigenvalue weighted by Crippen LogP contribution is 2.29. The maximum Gasteiger partial charge on any atom is 0.340 e. The lowest BCUT2D eigenvalue weighted by Crippen LogP contribution is -2.15. The Morgan fingerprint density at radius 3 is 2.55 bits per heavy atom. The van der Waals surface area contributed by atoms with Crippen LogP contribution in [-0.4, -0.2) is 33.9 Å². The fourth-order valence-electron chi connectivity index (χ4n) is 2.68. The molecule has 0 aromatic heterocycles. The van der Waals surface area contributed by atoms with Crippen LogP contribution in [0.4, 0.5) is 0 Å². The molecule has 29 heavy (non-hydrogen) atoms. The highest BCUT2D eigenvalue weighted by atomic mass is 16.5. The van der Waals surface area contributed by atoms with Crippen molar-refractivity contribution in [2.45, 2.75) is 13.3 Å². The Bertz CT molecular complexity index is 924. The van der Waals surface area contributed by atoms with Gasteiger partial charge < -0.3 is 18.9 Å². The quantitative estimate of drug-likeness (QED) is 0.300. The van der Waals surface area contributed by atoms with Gasteiger partial charge in [0, 0.05) is 25.5 Å². The Hall–Kier alpha value is -3.23. The van der Waals surface area contributed by atoms with Gasteiger partial charge in [-0.2, -0.15) is 0 Å². The van der Waals surface area contributed by atoms with Crippen LogP contribution in [0.15, 0.2) is 66.0 Å². The molecule has 5 heteroatoms. The fraction of sp³-hybridized carbons (Fsp3) is 0.292. The smallest absolute Gasteiger partial charge is 0.340 e. The Kier molecular flexibility index (Phi) is 7.88. The number of ether oxygens (including phenoxy) is 4. The molecule has 0 spiro atoms. The number of benzene rings is 1. The lowest BCUT2D eigenvalue weighted by Gasteiger charge is -2.20. The second kappa shape index (κ2) is 10.4. The summed E-state index contributed by atoms with van der Waals surface area (Å²) in [4.78, 5) is 12.3. The van der Waals surface area contributed by atoms with Gasteiger partial charge in [-0.25, -0.2) is 4.79 Å². The van der Waals surface area contributed by atoms with Crippen molar-refractivity contribution in [2.75, 3.05) is 27.9 Å². The number of allylic oxidation sites excluding steroid dienone is 5. The van der Waals surface area contributed by atoms with Crippen molar-refractivity contribution in [2.24, 2.45) is 5.92 Å². The minimum absolute atomic E-state index is 0.0783. The van der Waals surface area contributed by atoms with Gasteiger partial charge in [0.2, 0.25) is 0 Å². The van der Waals surface area contributed by atoms with Crippen LogP contribution >= 0.6 is 0 Å². The van der Waals surface area contributed by atoms with Crippen molar-refractivity contribution in [3.8, 4) is 23.3 Å². The molecule has 0 radical (unpaired) electrons. The van der Waals surface area contributed by atoms with E-state index in [0.29, 0.717) is 34.8 Å². The molecule has 1 aliphatic rings. The van der Waals surface area contributed by atoms with E-state index in [0.717, 1.165) is 5.57 Å². The van der Waals surface area contributed by atoms with E-state index in [4.69, 9.17) is 18.9 Å². The first-order chi connectivity index (χ1) is 13.9. The molecule has 0 heterocycles. The summed E-state index contributed by atoms with van der Waals surface area (Å²) in [5.41, 5.74) is 2.55. The SMILES string of the molecule is C=C(COC)C(=O)OC1=C(C#Cc2ccc(OC)cc2OC)C=CC(C(=C)C)C1. The van der Waals surface area contributed by atoms with Crippen LogP contribution in [0.1, 0.15) is 18.9 Å². The van der Waals surface area contributed by atoms with Crippen LogP contribution in [0.2, 0.25) is 0 Å². The number of carbonyl (C=O) groups is 1. The molecule has 0 saturated carbocycles. The van der Waals surface area contributed by atoms with Gasteiger partial charge >= 0.3 is 5.97 Å². The minimum Gasteiger partial charge on any atom is -0.497 e. The number of rotatable bonds is 7. The van der Waals surface area contributed by atoms with Gasteiger partial charge in [0.1, 0.15) is 17.3 Å². The van der Waals surface area contributed by atoms with Crippen LogP contribution in [0, 0.1) is 17.8 Å². The minimum atomic E-state index is -0.529. The van der Waals surface area contributed by atoms with Gasteiger partial charge in [0.25, 0.3) is 0 Å². The van der Waals surface area contributed by atoms with Crippen molar-refractivity contribution in [1.29, 1.82) is 0 Å². The molecule has 1 unspecified atom stereocenters. The van der Waals surface area contributed by atoms with Crippen molar-refractivity contribution in [3.63, 3.8) is 0 Å². The molecule has 0 bridgehead atoms. The number of hydrogen-bond donors (Lipinski definition) is 0. The summed E-state index contributed by atoms with van der Waals surface area (Å²) < 4.78 is 21.1. The van der Waals surface area contributed by atoms with Crippen LogP contribution in [0.5, 0.6) is 11.5 Å². The lowest BCUT2D eigenvalue weighted by molar-refractivity contribution is -0.135. The van der Waals surface area contributed by atoms with Gasteiger partial charge in [-0.05, 0) is 25.1 Å². The zero-order chi connectivity index (χ0) is 21.4. The third kappa shape index (κ3) is 5.87. The zero-order valence-electron chi connectivity index (χ0n) is 17.3. The molecule has 1 atom stereocenters. The van der Waals surface area contributed by atoms with E-state index in [9.17, 15) is 4.79 Å². The van der Waals surface area contributed by atoms with Crippen molar-refractivity contribution in [1.82, 2.24) is 0 Å². The Labute approximate surface area is 172 Å².